The summed E-state index contributed by atoms with van der Waals surface area (Å²) in [5.74, 6) is 0.428. The summed E-state index contributed by atoms with van der Waals surface area (Å²) in [4.78, 5) is 13.8. The van der Waals surface area contributed by atoms with Gasteiger partial charge in [0, 0.05) is 13.1 Å². The number of ether oxygens (including phenoxy) is 1. The Morgan fingerprint density at radius 2 is 2.00 bits per heavy atom. The van der Waals surface area contributed by atoms with E-state index in [-0.39, 0.29) is 30.7 Å². The molecule has 136 valence electrons. The molecule has 0 bridgehead atoms. The molecule has 1 heterocycles. The molecule has 0 saturated carbocycles. The monoisotopic (exact) mass is 366 g/mol. The summed E-state index contributed by atoms with van der Waals surface area (Å²) in [7, 11) is 1.90. The fraction of sp³-hybridized carbons (Fsp3) is 0.562. The number of piperidine rings is 1. The maximum absolute atomic E-state index is 12.6. The Balaban J connectivity index is 0.00000288. The molecule has 1 fully saturated rings. The molecule has 0 aromatic heterocycles. The summed E-state index contributed by atoms with van der Waals surface area (Å²) >= 11 is 0. The number of hydrogen-bond acceptors (Lipinski definition) is 3. The van der Waals surface area contributed by atoms with Gasteiger partial charge < -0.3 is 15.0 Å². The number of halogens is 4. The molecule has 0 atom stereocenters. The summed E-state index contributed by atoms with van der Waals surface area (Å²) in [6.45, 7) is 2.02. The van der Waals surface area contributed by atoms with E-state index in [4.69, 9.17) is 4.74 Å². The van der Waals surface area contributed by atoms with Crippen molar-refractivity contribution < 1.29 is 22.7 Å². The van der Waals surface area contributed by atoms with E-state index in [9.17, 15) is 18.0 Å². The van der Waals surface area contributed by atoms with Gasteiger partial charge in [0.2, 0.25) is 0 Å². The van der Waals surface area contributed by atoms with Crippen LogP contribution >= 0.6 is 12.4 Å². The van der Waals surface area contributed by atoms with Gasteiger partial charge >= 0.3 is 6.18 Å². The average molecular weight is 367 g/mol. The predicted molar refractivity (Wildman–Crippen MR) is 87.4 cm³/mol. The normalized spacial score (nSPS) is 15.8. The Morgan fingerprint density at radius 3 is 2.58 bits per heavy atom. The van der Waals surface area contributed by atoms with E-state index in [1.165, 1.54) is 12.1 Å². The average Bonchev–Trinajstić information content (AvgIpc) is 2.53. The van der Waals surface area contributed by atoms with Crippen molar-refractivity contribution in [2.75, 3.05) is 33.3 Å². The zero-order valence-corrected chi connectivity index (χ0v) is 14.3. The lowest BCUT2D eigenvalue weighted by Gasteiger charge is -2.31. The van der Waals surface area contributed by atoms with Gasteiger partial charge in [0.15, 0.2) is 6.61 Å². The molecular weight excluding hydrogens is 345 g/mol. The van der Waals surface area contributed by atoms with Crippen LogP contribution in [0.15, 0.2) is 24.3 Å². The summed E-state index contributed by atoms with van der Waals surface area (Å²) in [5.41, 5.74) is -0.782. The number of rotatable bonds is 5. The number of likely N-dealkylation sites (tertiary alicyclic amines) is 1. The molecule has 1 saturated heterocycles. The molecule has 0 spiro atoms. The molecule has 1 N–H and O–H groups in total. The summed E-state index contributed by atoms with van der Waals surface area (Å²) in [6.07, 6.45) is -2.56. The minimum absolute atomic E-state index is 0. The van der Waals surface area contributed by atoms with Gasteiger partial charge in [-0.15, -0.1) is 12.4 Å². The zero-order valence-electron chi connectivity index (χ0n) is 13.4. The first-order chi connectivity index (χ1) is 10.9. The number of carbonyl (C=O) groups excluding carboxylic acids is 1. The number of alkyl halides is 3. The quantitative estimate of drug-likeness (QED) is 0.871. The molecule has 1 aromatic carbocycles. The highest BCUT2D eigenvalue weighted by atomic mass is 35.5. The van der Waals surface area contributed by atoms with Gasteiger partial charge in [-0.3, -0.25) is 4.79 Å². The topological polar surface area (TPSA) is 41.6 Å². The SMILES string of the molecule is CNCC1CCN(C(=O)COc2cccc(C(F)(F)F)c2)CC1.Cl. The third kappa shape index (κ3) is 5.87. The van der Waals surface area contributed by atoms with Crippen molar-refractivity contribution in [1.82, 2.24) is 10.2 Å². The molecule has 24 heavy (non-hydrogen) atoms. The van der Waals surface area contributed by atoms with Gasteiger partial charge in [-0.1, -0.05) is 6.07 Å². The van der Waals surface area contributed by atoms with Crippen LogP contribution in [0.5, 0.6) is 5.75 Å². The van der Waals surface area contributed by atoms with Crippen LogP contribution < -0.4 is 10.1 Å². The lowest BCUT2D eigenvalue weighted by molar-refractivity contribution is -0.137. The van der Waals surface area contributed by atoms with Gasteiger partial charge in [0.1, 0.15) is 5.75 Å². The molecule has 4 nitrogen and oxygen atoms in total. The van der Waals surface area contributed by atoms with Crippen molar-refractivity contribution in [3.05, 3.63) is 29.8 Å². The van der Waals surface area contributed by atoms with E-state index in [1.807, 2.05) is 7.05 Å². The molecular formula is C16H22ClF3N2O2. The van der Waals surface area contributed by atoms with Gasteiger partial charge in [0.25, 0.3) is 5.91 Å². The summed E-state index contributed by atoms with van der Waals surface area (Å²) in [5, 5.41) is 3.13. The summed E-state index contributed by atoms with van der Waals surface area (Å²) in [6, 6.07) is 4.57. The molecule has 8 heteroatoms. The molecule has 1 aromatic rings. The van der Waals surface area contributed by atoms with E-state index in [2.05, 4.69) is 5.32 Å². The standard InChI is InChI=1S/C16H21F3N2O2.ClH/c1-20-10-12-5-7-21(8-6-12)15(22)11-23-14-4-2-3-13(9-14)16(17,18)19;/h2-4,9,12,20H,5-8,10-11H2,1H3;1H. The first kappa shape index (κ1) is 20.6. The lowest BCUT2D eigenvalue weighted by atomic mass is 9.97. The second-order valence-corrected chi connectivity index (χ2v) is 5.70. The van der Waals surface area contributed by atoms with Crippen LogP contribution in [-0.4, -0.2) is 44.1 Å². The number of nitrogens with one attached hydrogen (secondary N) is 1. The Labute approximate surface area is 145 Å². The first-order valence-corrected chi connectivity index (χ1v) is 7.62. The molecule has 1 aliphatic heterocycles. The van der Waals surface area contributed by atoms with Crippen LogP contribution in [0, 0.1) is 5.92 Å². The second-order valence-electron chi connectivity index (χ2n) is 5.70. The molecule has 0 unspecified atom stereocenters. The van der Waals surface area contributed by atoms with E-state index >= 15 is 0 Å². The van der Waals surface area contributed by atoms with Gasteiger partial charge in [-0.2, -0.15) is 13.2 Å². The number of benzene rings is 1. The molecule has 1 aliphatic rings. The van der Waals surface area contributed by atoms with Crippen molar-refractivity contribution in [2.45, 2.75) is 19.0 Å². The van der Waals surface area contributed by atoms with E-state index in [1.54, 1.807) is 4.90 Å². The minimum atomic E-state index is -4.42. The number of carbonyl (C=O) groups is 1. The van der Waals surface area contributed by atoms with Gasteiger partial charge in [-0.25, -0.2) is 0 Å². The maximum atomic E-state index is 12.6. The minimum Gasteiger partial charge on any atom is -0.484 e. The lowest BCUT2D eigenvalue weighted by Crippen LogP contribution is -2.42. The number of amides is 1. The van der Waals surface area contributed by atoms with E-state index < -0.39 is 11.7 Å². The second kappa shape index (κ2) is 9.13. The fourth-order valence-electron chi connectivity index (χ4n) is 2.67. The van der Waals surface area contributed by atoms with E-state index in [0.717, 1.165) is 31.5 Å². The van der Waals surface area contributed by atoms with Crippen molar-refractivity contribution in [3.8, 4) is 5.75 Å². The van der Waals surface area contributed by atoms with Crippen LogP contribution in [0.25, 0.3) is 0 Å². The van der Waals surface area contributed by atoms with Crippen LogP contribution in [0.1, 0.15) is 18.4 Å². The van der Waals surface area contributed by atoms with Gasteiger partial charge in [-0.05, 0) is 50.6 Å². The Kier molecular flexibility index (Phi) is 7.83. The van der Waals surface area contributed by atoms with Crippen molar-refractivity contribution >= 4 is 18.3 Å². The molecule has 2 rings (SSSR count). The van der Waals surface area contributed by atoms with Crippen LogP contribution in [0.2, 0.25) is 0 Å². The van der Waals surface area contributed by atoms with Crippen LogP contribution in [-0.2, 0) is 11.0 Å². The predicted octanol–water partition coefficient (Wildman–Crippen LogP) is 2.96. The van der Waals surface area contributed by atoms with Gasteiger partial charge in [0.05, 0.1) is 5.56 Å². The maximum Gasteiger partial charge on any atom is 0.416 e. The van der Waals surface area contributed by atoms with E-state index in [0.29, 0.717) is 19.0 Å². The smallest absolute Gasteiger partial charge is 0.416 e. The Morgan fingerprint density at radius 1 is 1.33 bits per heavy atom. The highest BCUT2D eigenvalue weighted by Gasteiger charge is 2.30. The Bertz CT molecular complexity index is 532. The largest absolute Gasteiger partial charge is 0.484 e. The van der Waals surface area contributed by atoms with Crippen molar-refractivity contribution in [2.24, 2.45) is 5.92 Å². The fourth-order valence-corrected chi connectivity index (χ4v) is 2.67. The third-order valence-electron chi connectivity index (χ3n) is 3.98. The van der Waals surface area contributed by atoms with Crippen molar-refractivity contribution in [1.29, 1.82) is 0 Å². The van der Waals surface area contributed by atoms with Crippen LogP contribution in [0.4, 0.5) is 13.2 Å². The first-order valence-electron chi connectivity index (χ1n) is 7.62. The van der Waals surface area contributed by atoms with Crippen molar-refractivity contribution in [3.63, 3.8) is 0 Å². The molecule has 0 aliphatic carbocycles. The summed E-state index contributed by atoms with van der Waals surface area (Å²) < 4.78 is 43.1. The highest BCUT2D eigenvalue weighted by molar-refractivity contribution is 5.85. The number of hydrogen-bond donors (Lipinski definition) is 1. The molecule has 0 radical (unpaired) electrons. The third-order valence-corrected chi connectivity index (χ3v) is 3.98. The number of nitrogens with zero attached hydrogens (tertiary/aromatic N) is 1. The zero-order chi connectivity index (χ0) is 16.9. The Hall–Kier alpha value is -1.47. The highest BCUT2D eigenvalue weighted by Crippen LogP contribution is 2.31. The molecule has 1 amide bonds. The van der Waals surface area contributed by atoms with Crippen LogP contribution in [0.3, 0.4) is 0 Å².